The quantitative estimate of drug-likeness (QED) is 0.786. The summed E-state index contributed by atoms with van der Waals surface area (Å²) in [6, 6.07) is 6.19. The van der Waals surface area contributed by atoms with Gasteiger partial charge in [-0.2, -0.15) is 9.28 Å². The number of imide groups is 1. The van der Waals surface area contributed by atoms with Crippen molar-refractivity contribution in [3.63, 3.8) is 0 Å². The minimum absolute atomic E-state index is 0.0140. The number of quaternary nitrogens is 1. The van der Waals surface area contributed by atoms with Gasteiger partial charge in [-0.1, -0.05) is 6.07 Å². The van der Waals surface area contributed by atoms with Gasteiger partial charge in [-0.15, -0.1) is 0 Å². The lowest BCUT2D eigenvalue weighted by Crippen LogP contribution is -2.59. The van der Waals surface area contributed by atoms with Gasteiger partial charge in [0.05, 0.1) is 27.2 Å². The summed E-state index contributed by atoms with van der Waals surface area (Å²) < 4.78 is 10.2. The van der Waals surface area contributed by atoms with Crippen molar-refractivity contribution in [2.24, 2.45) is 5.92 Å². The molecule has 1 saturated heterocycles. The molecule has 0 saturated carbocycles. The highest BCUT2D eigenvalue weighted by Crippen LogP contribution is 2.34. The van der Waals surface area contributed by atoms with E-state index in [9.17, 15) is 9.59 Å². The van der Waals surface area contributed by atoms with Crippen LogP contribution in [0.5, 0.6) is 5.75 Å². The predicted molar refractivity (Wildman–Crippen MR) is 94.4 cm³/mol. The third-order valence-electron chi connectivity index (χ3n) is 6.04. The Balaban J connectivity index is 1.73. The van der Waals surface area contributed by atoms with Crippen molar-refractivity contribution in [2.75, 3.05) is 20.8 Å². The second-order valence-electron chi connectivity index (χ2n) is 7.40. The van der Waals surface area contributed by atoms with Gasteiger partial charge in [-0.3, -0.25) is 0 Å². The van der Waals surface area contributed by atoms with E-state index in [2.05, 4.69) is 12.1 Å². The summed E-state index contributed by atoms with van der Waals surface area (Å²) >= 11 is 0. The molecule has 3 rings (SSSR count). The summed E-state index contributed by atoms with van der Waals surface area (Å²) in [5, 5.41) is 0. The number of carbonyl (C=O) groups excluding carboxylic acids is 2. The molecule has 1 fully saturated rings. The number of aryl methyl sites for hydroxylation is 1. The molecule has 1 aromatic carbocycles. The average molecular weight is 346 g/mol. The summed E-state index contributed by atoms with van der Waals surface area (Å²) in [7, 11) is 3.06. The number of methoxy groups -OCH3 is 2. The average Bonchev–Trinajstić information content (AvgIpc) is 3.03. The van der Waals surface area contributed by atoms with E-state index in [1.165, 1.54) is 18.2 Å². The molecular weight excluding hydrogens is 318 g/mol. The van der Waals surface area contributed by atoms with Gasteiger partial charge in [0.25, 0.3) is 0 Å². The Hall–Kier alpha value is -1.88. The number of carbonyl (C=O) groups is 2. The molecule has 0 aromatic heterocycles. The third kappa shape index (κ3) is 3.17. The van der Waals surface area contributed by atoms with Crippen LogP contribution in [0.1, 0.15) is 43.7 Å². The molecule has 5 nitrogen and oxygen atoms in total. The molecule has 1 aromatic rings. The number of benzene rings is 1. The Bertz CT molecular complexity index is 672. The van der Waals surface area contributed by atoms with Crippen molar-refractivity contribution in [2.45, 2.75) is 51.5 Å². The maximum atomic E-state index is 13.1. The van der Waals surface area contributed by atoms with Gasteiger partial charge in [0.2, 0.25) is 0 Å². The van der Waals surface area contributed by atoms with Crippen LogP contribution < -0.4 is 4.74 Å². The van der Waals surface area contributed by atoms with E-state index in [1.54, 1.807) is 7.11 Å². The summed E-state index contributed by atoms with van der Waals surface area (Å²) in [4.78, 5) is 25.5. The normalized spacial score (nSPS) is 28.3. The number of amides is 2. The first-order valence-corrected chi connectivity index (χ1v) is 9.16. The van der Waals surface area contributed by atoms with Gasteiger partial charge in [-0.05, 0) is 55.4 Å². The Morgan fingerprint density at radius 1 is 1.20 bits per heavy atom. The molecule has 2 amide bonds. The molecule has 2 aliphatic rings. The van der Waals surface area contributed by atoms with Crippen molar-refractivity contribution >= 4 is 12.0 Å². The Morgan fingerprint density at radius 3 is 2.64 bits per heavy atom. The summed E-state index contributed by atoms with van der Waals surface area (Å²) in [6.45, 7) is 2.57. The number of ether oxygens (including phenoxy) is 2. The van der Waals surface area contributed by atoms with Crippen molar-refractivity contribution in [3.05, 3.63) is 29.3 Å². The summed E-state index contributed by atoms with van der Waals surface area (Å²) in [5.74, 6) is 1.20. The van der Waals surface area contributed by atoms with Gasteiger partial charge in [0.1, 0.15) is 11.8 Å². The molecule has 0 radical (unpaired) electrons. The fourth-order valence-electron chi connectivity index (χ4n) is 4.50. The number of likely N-dealkylation sites (tertiary alicyclic amines) is 1. The van der Waals surface area contributed by atoms with Crippen LogP contribution in [0.3, 0.4) is 0 Å². The van der Waals surface area contributed by atoms with Crippen LogP contribution in [0, 0.1) is 5.92 Å². The first-order chi connectivity index (χ1) is 12.0. The van der Waals surface area contributed by atoms with Crippen LogP contribution in [-0.2, 0) is 22.4 Å². The molecule has 136 valence electrons. The lowest BCUT2D eigenvalue weighted by atomic mass is 9.81. The minimum atomic E-state index is -0.393. The first kappa shape index (κ1) is 17.9. The van der Waals surface area contributed by atoms with E-state index in [-0.39, 0.29) is 16.4 Å². The van der Waals surface area contributed by atoms with Crippen molar-refractivity contribution < 1.29 is 23.5 Å². The fourth-order valence-corrected chi connectivity index (χ4v) is 4.50. The maximum absolute atomic E-state index is 13.1. The summed E-state index contributed by atoms with van der Waals surface area (Å²) in [5.41, 5.74) is 2.61. The molecular formula is C20H28NO4+. The number of fused-ring (bicyclic) bond motifs is 1. The third-order valence-corrected chi connectivity index (χ3v) is 6.04. The van der Waals surface area contributed by atoms with Crippen LogP contribution in [0.15, 0.2) is 18.2 Å². The predicted octanol–water partition coefficient (Wildman–Crippen LogP) is 3.48. The van der Waals surface area contributed by atoms with Crippen LogP contribution >= 0.6 is 0 Å². The topological polar surface area (TPSA) is 52.6 Å². The van der Waals surface area contributed by atoms with Crippen LogP contribution in [0.2, 0.25) is 0 Å². The van der Waals surface area contributed by atoms with E-state index in [0.717, 1.165) is 37.9 Å². The number of nitrogens with zero attached hydrogens (tertiary/aromatic N) is 1. The number of hydrogen-bond acceptors (Lipinski definition) is 4. The summed E-state index contributed by atoms with van der Waals surface area (Å²) in [6.07, 6.45) is 4.67. The molecule has 0 spiro atoms. The molecule has 5 heteroatoms. The van der Waals surface area contributed by atoms with Crippen molar-refractivity contribution in [3.8, 4) is 5.75 Å². The van der Waals surface area contributed by atoms with E-state index < -0.39 is 6.09 Å². The molecule has 3 atom stereocenters. The highest BCUT2D eigenvalue weighted by atomic mass is 16.5. The first-order valence-electron chi connectivity index (χ1n) is 9.16. The van der Waals surface area contributed by atoms with Crippen LogP contribution in [0.4, 0.5) is 4.79 Å². The van der Waals surface area contributed by atoms with Gasteiger partial charge in [0, 0.05) is 12.8 Å². The Labute approximate surface area is 149 Å². The number of rotatable bonds is 3. The standard InChI is InChI=1S/C20H28NO4/c1-14-5-4-10-21(14,20(23)25-3)19(22)12-15-6-7-17-13-18(24-2)9-8-16(17)11-15/h8-9,13-15H,4-7,10-12H2,1-3H3/q+1/t14-,15?,21?/m1/s1. The highest BCUT2D eigenvalue weighted by molar-refractivity contribution is 5.81. The van der Waals surface area contributed by atoms with Crippen molar-refractivity contribution in [1.82, 2.24) is 0 Å². The molecule has 25 heavy (non-hydrogen) atoms. The minimum Gasteiger partial charge on any atom is -0.497 e. The van der Waals surface area contributed by atoms with E-state index in [4.69, 9.17) is 9.47 Å². The fraction of sp³-hybridized carbons (Fsp3) is 0.600. The van der Waals surface area contributed by atoms with Gasteiger partial charge < -0.3 is 9.47 Å². The smallest absolute Gasteiger partial charge is 0.497 e. The number of hydrogen-bond donors (Lipinski definition) is 0. The molecule has 1 aliphatic heterocycles. The lowest BCUT2D eigenvalue weighted by Gasteiger charge is -2.33. The lowest BCUT2D eigenvalue weighted by molar-refractivity contribution is -0.793. The zero-order valence-corrected chi connectivity index (χ0v) is 15.4. The molecule has 0 bridgehead atoms. The van der Waals surface area contributed by atoms with Gasteiger partial charge >= 0.3 is 12.0 Å². The Kier molecular flexibility index (Phi) is 5.13. The SMILES string of the molecule is COC(=O)[N+]1(C(=O)CC2CCc3cc(OC)ccc3C2)CCC[C@H]1C. The molecule has 1 heterocycles. The molecule has 1 aliphatic carbocycles. The second kappa shape index (κ2) is 7.16. The van der Waals surface area contributed by atoms with Gasteiger partial charge in [-0.25, -0.2) is 4.79 Å². The Morgan fingerprint density at radius 2 is 2.00 bits per heavy atom. The van der Waals surface area contributed by atoms with Gasteiger partial charge in [0.15, 0.2) is 0 Å². The zero-order chi connectivity index (χ0) is 18.0. The maximum Gasteiger partial charge on any atom is 0.523 e. The highest BCUT2D eigenvalue weighted by Gasteiger charge is 2.53. The van der Waals surface area contributed by atoms with Crippen LogP contribution in [-0.4, -0.2) is 43.3 Å². The van der Waals surface area contributed by atoms with E-state index >= 15 is 0 Å². The molecule has 2 unspecified atom stereocenters. The molecule has 0 N–H and O–H groups in total. The monoisotopic (exact) mass is 346 g/mol. The van der Waals surface area contributed by atoms with E-state index in [0.29, 0.717) is 18.9 Å². The second-order valence-corrected chi connectivity index (χ2v) is 7.40. The van der Waals surface area contributed by atoms with Crippen LogP contribution in [0.25, 0.3) is 0 Å². The van der Waals surface area contributed by atoms with E-state index in [1.807, 2.05) is 13.0 Å². The zero-order valence-electron chi connectivity index (χ0n) is 15.4. The largest absolute Gasteiger partial charge is 0.523 e. The van der Waals surface area contributed by atoms with Crippen molar-refractivity contribution in [1.29, 1.82) is 0 Å².